The van der Waals surface area contributed by atoms with Gasteiger partial charge in [-0.2, -0.15) is 0 Å². The number of hydrogen-bond donors (Lipinski definition) is 1. The first kappa shape index (κ1) is 13.9. The summed E-state index contributed by atoms with van der Waals surface area (Å²) in [4.78, 5) is 4.91. The normalized spacial score (nSPS) is 24.9. The number of nitrogens with two attached hydrogens (primary N) is 1. The van der Waals surface area contributed by atoms with Gasteiger partial charge in [-0.1, -0.05) is 6.92 Å². The van der Waals surface area contributed by atoms with Gasteiger partial charge in [-0.25, -0.2) is 0 Å². The molecule has 0 radical (unpaired) electrons. The Morgan fingerprint density at radius 2 is 2.25 bits per heavy atom. The zero-order valence-electron chi connectivity index (χ0n) is 11.3. The molecule has 0 saturated carbocycles. The lowest BCUT2D eigenvalue weighted by atomic mass is 9.95. The maximum Gasteiger partial charge on any atom is 0.00160 e. The van der Waals surface area contributed by atoms with E-state index >= 15 is 0 Å². The van der Waals surface area contributed by atoms with Crippen LogP contribution < -0.4 is 5.73 Å². The summed E-state index contributed by atoms with van der Waals surface area (Å²) in [5.41, 5.74) is 5.64. The van der Waals surface area contributed by atoms with E-state index in [1.165, 1.54) is 38.9 Å². The molecule has 1 saturated heterocycles. The van der Waals surface area contributed by atoms with Gasteiger partial charge in [0.2, 0.25) is 0 Å². The maximum atomic E-state index is 5.64. The van der Waals surface area contributed by atoms with Crippen molar-refractivity contribution in [2.75, 3.05) is 46.8 Å². The topological polar surface area (TPSA) is 32.5 Å². The van der Waals surface area contributed by atoms with Crippen LogP contribution in [0.4, 0.5) is 0 Å². The SMILES string of the molecule is CC(CN)CN(C)CCC1CCCN(C)C1. The van der Waals surface area contributed by atoms with Gasteiger partial charge in [-0.3, -0.25) is 0 Å². The summed E-state index contributed by atoms with van der Waals surface area (Å²) in [5, 5.41) is 0. The van der Waals surface area contributed by atoms with E-state index in [1.807, 2.05) is 0 Å². The summed E-state index contributed by atoms with van der Waals surface area (Å²) in [6.07, 6.45) is 4.15. The van der Waals surface area contributed by atoms with Crippen LogP contribution in [0.25, 0.3) is 0 Å². The number of nitrogens with zero attached hydrogens (tertiary/aromatic N) is 2. The molecule has 0 bridgehead atoms. The molecule has 96 valence electrons. The first-order valence-electron chi connectivity index (χ1n) is 6.69. The second-order valence-electron chi connectivity index (χ2n) is 5.66. The van der Waals surface area contributed by atoms with E-state index in [4.69, 9.17) is 5.73 Å². The first-order valence-corrected chi connectivity index (χ1v) is 6.69. The second-order valence-corrected chi connectivity index (χ2v) is 5.66. The van der Waals surface area contributed by atoms with E-state index in [9.17, 15) is 0 Å². The van der Waals surface area contributed by atoms with Crippen molar-refractivity contribution in [2.24, 2.45) is 17.6 Å². The molecule has 16 heavy (non-hydrogen) atoms. The Hall–Kier alpha value is -0.120. The molecule has 0 amide bonds. The average Bonchev–Trinajstić information content (AvgIpc) is 2.26. The summed E-state index contributed by atoms with van der Waals surface area (Å²) in [6.45, 7) is 7.97. The van der Waals surface area contributed by atoms with Crippen LogP contribution in [-0.2, 0) is 0 Å². The molecule has 2 unspecified atom stereocenters. The molecule has 1 fully saturated rings. The molecule has 0 aliphatic carbocycles. The first-order chi connectivity index (χ1) is 7.61. The van der Waals surface area contributed by atoms with Crippen molar-refractivity contribution >= 4 is 0 Å². The lowest BCUT2D eigenvalue weighted by molar-refractivity contribution is 0.181. The Bertz CT molecular complexity index is 184. The summed E-state index contributed by atoms with van der Waals surface area (Å²) < 4.78 is 0. The van der Waals surface area contributed by atoms with Crippen molar-refractivity contribution in [1.29, 1.82) is 0 Å². The minimum atomic E-state index is 0.624. The van der Waals surface area contributed by atoms with Crippen LogP contribution >= 0.6 is 0 Å². The van der Waals surface area contributed by atoms with Gasteiger partial charge in [0.05, 0.1) is 0 Å². The van der Waals surface area contributed by atoms with Crippen molar-refractivity contribution in [1.82, 2.24) is 9.80 Å². The van der Waals surface area contributed by atoms with Crippen molar-refractivity contribution < 1.29 is 0 Å². The van der Waals surface area contributed by atoms with Gasteiger partial charge >= 0.3 is 0 Å². The molecular weight excluding hydrogens is 198 g/mol. The highest BCUT2D eigenvalue weighted by molar-refractivity contribution is 4.72. The van der Waals surface area contributed by atoms with Crippen LogP contribution in [-0.4, -0.2) is 56.6 Å². The third kappa shape index (κ3) is 5.28. The smallest absolute Gasteiger partial charge is 0.00160 e. The van der Waals surface area contributed by atoms with Gasteiger partial charge in [-0.15, -0.1) is 0 Å². The van der Waals surface area contributed by atoms with Gasteiger partial charge in [-0.05, 0) is 64.8 Å². The lowest BCUT2D eigenvalue weighted by Gasteiger charge is -2.31. The highest BCUT2D eigenvalue weighted by Crippen LogP contribution is 2.18. The lowest BCUT2D eigenvalue weighted by Crippen LogP contribution is -2.35. The molecular formula is C13H29N3. The zero-order valence-corrected chi connectivity index (χ0v) is 11.3. The van der Waals surface area contributed by atoms with E-state index in [-0.39, 0.29) is 0 Å². The molecule has 2 atom stereocenters. The zero-order chi connectivity index (χ0) is 12.0. The Balaban J connectivity index is 2.13. The fraction of sp³-hybridized carbons (Fsp3) is 1.00. The molecule has 0 aromatic rings. The predicted octanol–water partition coefficient (Wildman–Crippen LogP) is 1.24. The molecule has 1 heterocycles. The van der Waals surface area contributed by atoms with Gasteiger partial charge < -0.3 is 15.5 Å². The van der Waals surface area contributed by atoms with Crippen molar-refractivity contribution in [3.05, 3.63) is 0 Å². The Labute approximate surface area is 101 Å². The van der Waals surface area contributed by atoms with E-state index in [1.54, 1.807) is 0 Å². The molecule has 0 aromatic carbocycles. The quantitative estimate of drug-likeness (QED) is 0.741. The molecule has 0 spiro atoms. The molecule has 1 rings (SSSR count). The number of rotatable bonds is 6. The molecule has 3 nitrogen and oxygen atoms in total. The summed E-state index contributed by atoms with van der Waals surface area (Å²) in [6, 6.07) is 0. The molecule has 2 N–H and O–H groups in total. The monoisotopic (exact) mass is 227 g/mol. The van der Waals surface area contributed by atoms with E-state index < -0.39 is 0 Å². The van der Waals surface area contributed by atoms with Gasteiger partial charge in [0.15, 0.2) is 0 Å². The van der Waals surface area contributed by atoms with Gasteiger partial charge in [0, 0.05) is 13.1 Å². The van der Waals surface area contributed by atoms with Gasteiger partial charge in [0.1, 0.15) is 0 Å². The van der Waals surface area contributed by atoms with Crippen LogP contribution in [0.3, 0.4) is 0 Å². The third-order valence-electron chi connectivity index (χ3n) is 3.67. The largest absolute Gasteiger partial charge is 0.330 e. The van der Waals surface area contributed by atoms with Crippen LogP contribution in [0.2, 0.25) is 0 Å². The number of piperidine rings is 1. The average molecular weight is 227 g/mol. The van der Waals surface area contributed by atoms with Crippen molar-refractivity contribution in [3.63, 3.8) is 0 Å². The highest BCUT2D eigenvalue weighted by atomic mass is 15.1. The van der Waals surface area contributed by atoms with E-state index in [0.29, 0.717) is 5.92 Å². The Kier molecular flexibility index (Phi) is 6.32. The molecule has 1 aliphatic heterocycles. The summed E-state index contributed by atoms with van der Waals surface area (Å²) in [7, 11) is 4.46. The van der Waals surface area contributed by atoms with Crippen LogP contribution in [0.15, 0.2) is 0 Å². The van der Waals surface area contributed by atoms with Crippen LogP contribution in [0.5, 0.6) is 0 Å². The summed E-state index contributed by atoms with van der Waals surface area (Å²) in [5.74, 6) is 1.54. The third-order valence-corrected chi connectivity index (χ3v) is 3.67. The van der Waals surface area contributed by atoms with Crippen LogP contribution in [0, 0.1) is 11.8 Å². The minimum Gasteiger partial charge on any atom is -0.330 e. The number of hydrogen-bond acceptors (Lipinski definition) is 3. The van der Waals surface area contributed by atoms with Gasteiger partial charge in [0.25, 0.3) is 0 Å². The fourth-order valence-corrected chi connectivity index (χ4v) is 2.61. The Morgan fingerprint density at radius 1 is 1.50 bits per heavy atom. The van der Waals surface area contributed by atoms with E-state index in [2.05, 4.69) is 30.8 Å². The molecule has 1 aliphatic rings. The minimum absolute atomic E-state index is 0.624. The van der Waals surface area contributed by atoms with E-state index in [0.717, 1.165) is 19.0 Å². The standard InChI is InChI=1S/C13H29N3/c1-12(9-14)10-16(3)8-6-13-5-4-7-15(2)11-13/h12-13H,4-11,14H2,1-3H3. The maximum absolute atomic E-state index is 5.64. The second kappa shape index (κ2) is 7.25. The van der Waals surface area contributed by atoms with Crippen LogP contribution in [0.1, 0.15) is 26.2 Å². The number of likely N-dealkylation sites (tertiary alicyclic amines) is 1. The highest BCUT2D eigenvalue weighted by Gasteiger charge is 2.17. The van der Waals surface area contributed by atoms with Crippen molar-refractivity contribution in [2.45, 2.75) is 26.2 Å². The predicted molar refractivity (Wildman–Crippen MR) is 70.6 cm³/mol. The Morgan fingerprint density at radius 3 is 2.88 bits per heavy atom. The fourth-order valence-electron chi connectivity index (χ4n) is 2.61. The molecule has 0 aromatic heterocycles. The molecule has 3 heteroatoms. The summed E-state index contributed by atoms with van der Waals surface area (Å²) >= 11 is 0. The van der Waals surface area contributed by atoms with Crippen molar-refractivity contribution in [3.8, 4) is 0 Å².